The summed E-state index contributed by atoms with van der Waals surface area (Å²) in [6, 6.07) is 16.5. The molecule has 0 aliphatic heterocycles. The highest BCUT2D eigenvalue weighted by atomic mass is 35.5. The molecule has 0 aliphatic rings. The fourth-order valence-corrected chi connectivity index (χ4v) is 5.65. The Morgan fingerprint density at radius 3 is 2.15 bits per heavy atom. The Bertz CT molecular complexity index is 1410. The first-order valence-electron chi connectivity index (χ1n) is 12.3. The van der Waals surface area contributed by atoms with Crippen molar-refractivity contribution in [1.29, 1.82) is 0 Å². The summed E-state index contributed by atoms with van der Waals surface area (Å²) in [5.41, 5.74) is 1.78. The van der Waals surface area contributed by atoms with Crippen molar-refractivity contribution >= 4 is 62.3 Å². The molecule has 1 atom stereocenters. The second kappa shape index (κ2) is 13.5. The van der Waals surface area contributed by atoms with E-state index >= 15 is 0 Å². The zero-order valence-corrected chi connectivity index (χ0v) is 24.9. The largest absolute Gasteiger partial charge is 0.354 e. The Morgan fingerprint density at radius 2 is 1.56 bits per heavy atom. The van der Waals surface area contributed by atoms with Crippen LogP contribution in [0.25, 0.3) is 0 Å². The van der Waals surface area contributed by atoms with Gasteiger partial charge in [0, 0.05) is 18.1 Å². The number of aryl methyl sites for hydroxylation is 1. The molecule has 2 amide bonds. The highest BCUT2D eigenvalue weighted by molar-refractivity contribution is 7.92. The zero-order valence-electron chi connectivity index (χ0n) is 21.8. The molecule has 3 aromatic rings. The van der Waals surface area contributed by atoms with Crippen LogP contribution < -0.4 is 9.62 Å². The number of carbonyl (C=O) groups is 2. The van der Waals surface area contributed by atoms with Crippen molar-refractivity contribution in [1.82, 2.24) is 10.2 Å². The molecule has 0 bridgehead atoms. The predicted octanol–water partition coefficient (Wildman–Crippen LogP) is 6.09. The van der Waals surface area contributed by atoms with Crippen molar-refractivity contribution in [2.45, 2.75) is 44.7 Å². The molecule has 7 nitrogen and oxygen atoms in total. The molecule has 208 valence electrons. The van der Waals surface area contributed by atoms with Crippen molar-refractivity contribution in [2.24, 2.45) is 0 Å². The third kappa shape index (κ3) is 7.88. The van der Waals surface area contributed by atoms with E-state index in [1.54, 1.807) is 49.4 Å². The topological polar surface area (TPSA) is 86.8 Å². The SMILES string of the molecule is CCCNC(=O)C(C)N(Cc1ccc(Cl)c(Cl)c1)C(=O)CN(c1ccc(Cl)cc1)S(=O)(=O)c1ccc(C)cc1. The normalized spacial score (nSPS) is 12.1. The third-order valence-corrected chi connectivity index (χ3v) is 8.84. The number of rotatable bonds is 11. The summed E-state index contributed by atoms with van der Waals surface area (Å²) >= 11 is 18.3. The minimum Gasteiger partial charge on any atom is -0.354 e. The quantitative estimate of drug-likeness (QED) is 0.285. The monoisotopic (exact) mass is 609 g/mol. The van der Waals surface area contributed by atoms with Crippen LogP contribution in [0.1, 0.15) is 31.4 Å². The van der Waals surface area contributed by atoms with Gasteiger partial charge in [0.05, 0.1) is 20.6 Å². The number of sulfonamides is 1. The molecule has 39 heavy (non-hydrogen) atoms. The molecule has 11 heteroatoms. The molecule has 0 aromatic heterocycles. The number of anilines is 1. The molecular weight excluding hydrogens is 581 g/mol. The van der Waals surface area contributed by atoms with E-state index in [1.807, 2.05) is 13.8 Å². The average Bonchev–Trinajstić information content (AvgIpc) is 2.91. The molecule has 0 saturated carbocycles. The number of hydrogen-bond acceptors (Lipinski definition) is 4. The van der Waals surface area contributed by atoms with Gasteiger partial charge in [-0.25, -0.2) is 8.42 Å². The second-order valence-electron chi connectivity index (χ2n) is 9.04. The van der Waals surface area contributed by atoms with Crippen LogP contribution in [0.2, 0.25) is 15.1 Å². The lowest BCUT2D eigenvalue weighted by Crippen LogP contribution is -2.51. The lowest BCUT2D eigenvalue weighted by Gasteiger charge is -2.32. The van der Waals surface area contributed by atoms with Gasteiger partial charge in [-0.15, -0.1) is 0 Å². The minimum absolute atomic E-state index is 0.00940. The molecule has 3 aromatic carbocycles. The van der Waals surface area contributed by atoms with Crippen LogP contribution in [-0.4, -0.2) is 44.3 Å². The van der Waals surface area contributed by atoms with E-state index in [2.05, 4.69) is 5.32 Å². The number of benzene rings is 3. The Balaban J connectivity index is 2.02. The van der Waals surface area contributed by atoms with Gasteiger partial charge in [0.15, 0.2) is 0 Å². The highest BCUT2D eigenvalue weighted by Gasteiger charge is 2.32. The maximum atomic E-state index is 13.9. The maximum Gasteiger partial charge on any atom is 0.264 e. The second-order valence-corrected chi connectivity index (χ2v) is 12.2. The minimum atomic E-state index is -4.15. The van der Waals surface area contributed by atoms with Crippen molar-refractivity contribution < 1.29 is 18.0 Å². The molecule has 0 spiro atoms. The first-order valence-corrected chi connectivity index (χ1v) is 14.9. The molecule has 3 rings (SSSR count). The average molecular weight is 611 g/mol. The summed E-state index contributed by atoms with van der Waals surface area (Å²) in [4.78, 5) is 28.1. The van der Waals surface area contributed by atoms with Crippen LogP contribution in [0.15, 0.2) is 71.6 Å². The first-order chi connectivity index (χ1) is 18.4. The van der Waals surface area contributed by atoms with Gasteiger partial charge in [0.1, 0.15) is 12.6 Å². The van der Waals surface area contributed by atoms with Crippen molar-refractivity contribution in [3.8, 4) is 0 Å². The van der Waals surface area contributed by atoms with E-state index in [1.165, 1.54) is 29.2 Å². The fourth-order valence-electron chi connectivity index (χ4n) is 3.79. The van der Waals surface area contributed by atoms with E-state index in [9.17, 15) is 18.0 Å². The van der Waals surface area contributed by atoms with Gasteiger partial charge >= 0.3 is 0 Å². The lowest BCUT2D eigenvalue weighted by atomic mass is 10.1. The summed E-state index contributed by atoms with van der Waals surface area (Å²) < 4.78 is 28.6. The summed E-state index contributed by atoms with van der Waals surface area (Å²) in [5, 5.41) is 3.87. The molecular formula is C28H30Cl3N3O4S. The van der Waals surface area contributed by atoms with E-state index in [-0.39, 0.29) is 23.0 Å². The molecule has 0 aliphatic carbocycles. The third-order valence-electron chi connectivity index (χ3n) is 6.06. The van der Waals surface area contributed by atoms with Gasteiger partial charge in [-0.3, -0.25) is 13.9 Å². The van der Waals surface area contributed by atoms with Crippen LogP contribution in [0.4, 0.5) is 5.69 Å². The highest BCUT2D eigenvalue weighted by Crippen LogP contribution is 2.27. The molecule has 1 N–H and O–H groups in total. The Kier molecular flexibility index (Phi) is 10.7. The standard InChI is InChI=1S/C28H30Cl3N3O4S/c1-4-15-32-28(36)20(3)33(17-21-7-14-25(30)26(31)16-21)27(35)18-34(23-10-8-22(29)9-11-23)39(37,38)24-12-5-19(2)6-13-24/h5-14,16,20H,4,15,17-18H2,1-3H3,(H,32,36). The van der Waals surface area contributed by atoms with Gasteiger partial charge in [-0.1, -0.05) is 65.5 Å². The fraction of sp³-hybridized carbons (Fsp3) is 0.286. The molecule has 0 saturated heterocycles. The number of halogens is 3. The van der Waals surface area contributed by atoms with Gasteiger partial charge in [0.2, 0.25) is 11.8 Å². The summed E-state index contributed by atoms with van der Waals surface area (Å²) in [5.74, 6) is -0.935. The van der Waals surface area contributed by atoms with Crippen LogP contribution in [0.5, 0.6) is 0 Å². The van der Waals surface area contributed by atoms with Crippen LogP contribution in [-0.2, 0) is 26.2 Å². The van der Waals surface area contributed by atoms with Crippen molar-refractivity contribution in [3.05, 3.63) is 92.9 Å². The van der Waals surface area contributed by atoms with E-state index < -0.39 is 28.5 Å². The number of amides is 2. The van der Waals surface area contributed by atoms with Gasteiger partial charge in [-0.05, 0) is 74.4 Å². The maximum absolute atomic E-state index is 13.9. The van der Waals surface area contributed by atoms with Gasteiger partial charge in [0.25, 0.3) is 10.0 Å². The summed E-state index contributed by atoms with van der Waals surface area (Å²) in [6.45, 7) is 5.27. The Morgan fingerprint density at radius 1 is 0.923 bits per heavy atom. The lowest BCUT2D eigenvalue weighted by molar-refractivity contribution is -0.139. The smallest absolute Gasteiger partial charge is 0.264 e. The first kappa shape index (κ1) is 30.8. The van der Waals surface area contributed by atoms with Gasteiger partial charge in [-0.2, -0.15) is 0 Å². The summed E-state index contributed by atoms with van der Waals surface area (Å²) in [6.07, 6.45) is 0.721. The molecule has 0 heterocycles. The number of carbonyl (C=O) groups excluding carboxylic acids is 2. The van der Waals surface area contributed by atoms with Gasteiger partial charge < -0.3 is 10.2 Å². The van der Waals surface area contributed by atoms with Crippen molar-refractivity contribution in [3.63, 3.8) is 0 Å². The molecule has 1 unspecified atom stereocenters. The zero-order chi connectivity index (χ0) is 28.7. The number of nitrogens with one attached hydrogen (secondary N) is 1. The van der Waals surface area contributed by atoms with Crippen LogP contribution >= 0.6 is 34.8 Å². The molecule has 0 fully saturated rings. The van der Waals surface area contributed by atoms with Crippen molar-refractivity contribution in [2.75, 3.05) is 17.4 Å². The van der Waals surface area contributed by atoms with E-state index in [0.717, 1.165) is 16.3 Å². The van der Waals surface area contributed by atoms with E-state index in [4.69, 9.17) is 34.8 Å². The van der Waals surface area contributed by atoms with Crippen LogP contribution in [0, 0.1) is 6.92 Å². The number of hydrogen-bond donors (Lipinski definition) is 1. The van der Waals surface area contributed by atoms with Crippen LogP contribution in [0.3, 0.4) is 0 Å². The Labute approximate surface area is 244 Å². The number of nitrogens with zero attached hydrogens (tertiary/aromatic N) is 2. The predicted molar refractivity (Wildman–Crippen MR) is 157 cm³/mol. The Hall–Kier alpha value is -2.78. The molecule has 0 radical (unpaired) electrons. The summed E-state index contributed by atoms with van der Waals surface area (Å²) in [7, 11) is -4.15. The van der Waals surface area contributed by atoms with E-state index in [0.29, 0.717) is 27.2 Å².